The highest BCUT2D eigenvalue weighted by Crippen LogP contribution is 2.53. The van der Waals surface area contributed by atoms with Gasteiger partial charge in [0.05, 0.1) is 28.9 Å². The molecule has 2 atom stereocenters. The molecule has 8 aliphatic rings. The molecule has 2 N–H and O–H groups in total. The van der Waals surface area contributed by atoms with Crippen molar-refractivity contribution >= 4 is 57.9 Å². The number of nitrogens with zero attached hydrogens (tertiary/aromatic N) is 9. The maximum absolute atomic E-state index is 15.3. The molecule has 9 heterocycles. The summed E-state index contributed by atoms with van der Waals surface area (Å²) in [6, 6.07) is 13.3. The summed E-state index contributed by atoms with van der Waals surface area (Å²) in [6.45, 7) is 11.4. The Labute approximate surface area is 433 Å². The first-order valence-electron chi connectivity index (χ1n) is 27.9. The minimum Gasteiger partial charge on any atom is -0.366 e. The lowest BCUT2D eigenvalue weighted by atomic mass is 9.72. The van der Waals surface area contributed by atoms with E-state index in [-0.39, 0.29) is 59.5 Å². The van der Waals surface area contributed by atoms with Gasteiger partial charge in [0.25, 0.3) is 0 Å². The van der Waals surface area contributed by atoms with E-state index >= 15 is 4.79 Å². The zero-order valence-corrected chi connectivity index (χ0v) is 43.4. The number of hydrogen-bond donors (Lipinski definition) is 2. The number of imidazole rings is 1. The van der Waals surface area contributed by atoms with Crippen LogP contribution in [-0.2, 0) is 29.4 Å². The smallest absolute Gasteiger partial charge is 0.238 e. The fourth-order valence-corrected chi connectivity index (χ4v) is 13.6. The van der Waals surface area contributed by atoms with Crippen molar-refractivity contribution in [2.75, 3.05) is 67.5 Å². The lowest BCUT2D eigenvalue weighted by molar-refractivity contribution is -0.149. The molecule has 5 saturated heterocycles. The number of benzene rings is 1. The van der Waals surface area contributed by atoms with Crippen LogP contribution in [-0.4, -0.2) is 140 Å². The number of hydrogen-bond acceptors (Lipinski definition) is 11. The summed E-state index contributed by atoms with van der Waals surface area (Å²) < 4.78 is 16.8. The Morgan fingerprint density at radius 3 is 2.30 bits per heavy atom. The van der Waals surface area contributed by atoms with E-state index < -0.39 is 17.0 Å². The van der Waals surface area contributed by atoms with Crippen molar-refractivity contribution < 1.29 is 28.4 Å². The molecule has 0 bridgehead atoms. The third-order valence-electron chi connectivity index (χ3n) is 18.5. The van der Waals surface area contributed by atoms with Crippen molar-refractivity contribution in [2.24, 2.45) is 11.3 Å². The van der Waals surface area contributed by atoms with Crippen molar-refractivity contribution in [3.8, 4) is 11.3 Å². The topological polar surface area (TPSA) is 169 Å². The summed E-state index contributed by atoms with van der Waals surface area (Å²) in [4.78, 5) is 92.9. The number of alkyl halides is 1. The second-order valence-corrected chi connectivity index (χ2v) is 23.7. The van der Waals surface area contributed by atoms with E-state index in [0.717, 1.165) is 115 Å². The van der Waals surface area contributed by atoms with Gasteiger partial charge in [-0.15, -0.1) is 0 Å². The number of carbonyl (C=O) groups is 5. The zero-order chi connectivity index (χ0) is 51.0. The quantitative estimate of drug-likeness (QED) is 0.145. The van der Waals surface area contributed by atoms with Crippen molar-refractivity contribution in [3.63, 3.8) is 0 Å². The number of carbonyl (C=O) groups excluding carboxylic acids is 5. The number of nitrogens with one attached hydrogen (secondary N) is 2. The highest BCUT2D eigenvalue weighted by Gasteiger charge is 2.57. The van der Waals surface area contributed by atoms with Crippen LogP contribution >= 0.6 is 0 Å². The molecule has 7 fully saturated rings. The van der Waals surface area contributed by atoms with Crippen LogP contribution < -0.4 is 20.4 Å². The van der Waals surface area contributed by atoms with Gasteiger partial charge in [-0.1, -0.05) is 25.1 Å². The number of rotatable bonds is 11. The second-order valence-electron chi connectivity index (χ2n) is 23.7. The molecule has 3 aromatic heterocycles. The van der Waals surface area contributed by atoms with Crippen LogP contribution in [0.4, 0.5) is 21.7 Å². The maximum atomic E-state index is 15.3. The number of amides is 5. The van der Waals surface area contributed by atoms with Gasteiger partial charge < -0.3 is 29.5 Å². The maximum Gasteiger partial charge on any atom is 0.238 e. The molecule has 16 nitrogen and oxygen atoms in total. The van der Waals surface area contributed by atoms with E-state index in [1.54, 1.807) is 6.20 Å². The van der Waals surface area contributed by atoms with Crippen LogP contribution in [0.1, 0.15) is 140 Å². The van der Waals surface area contributed by atoms with Gasteiger partial charge in [-0.05, 0) is 139 Å². The highest BCUT2D eigenvalue weighted by atomic mass is 19.1. The van der Waals surface area contributed by atoms with Crippen molar-refractivity contribution in [2.45, 2.75) is 159 Å². The Bertz CT molecular complexity index is 2840. The first-order valence-corrected chi connectivity index (χ1v) is 27.9. The van der Waals surface area contributed by atoms with E-state index in [0.29, 0.717) is 90.1 Å². The SMILES string of the molecule is CC(C)n1cnc2cc(-c3ccc4c(c3)N(C3CC(N5CCC[C@@H](F)C5)C3)C(=O)C43CCN(C(=O)C4(C)CCN(C(=O)CC5CCN(c6ccc([C@H]7CCC(=O)NC7=O)cn6)CC5)CC4)CC3)nc(NC3CC3)c21. The molecule has 392 valence electrons. The molecule has 5 amide bonds. The summed E-state index contributed by atoms with van der Waals surface area (Å²) >= 11 is 0. The Kier molecular flexibility index (Phi) is 12.8. The Morgan fingerprint density at radius 1 is 0.851 bits per heavy atom. The van der Waals surface area contributed by atoms with E-state index in [4.69, 9.17) is 9.97 Å². The minimum atomic E-state index is -0.795. The normalized spacial score (nSPS) is 26.4. The summed E-state index contributed by atoms with van der Waals surface area (Å²) in [7, 11) is 0. The van der Waals surface area contributed by atoms with Gasteiger partial charge in [0, 0.05) is 106 Å². The lowest BCUT2D eigenvalue weighted by Gasteiger charge is -2.49. The molecule has 12 rings (SSSR count). The molecule has 17 heteroatoms. The van der Waals surface area contributed by atoms with Crippen molar-refractivity contribution in [1.29, 1.82) is 0 Å². The number of likely N-dealkylation sites (tertiary alicyclic amines) is 3. The number of pyridine rings is 2. The van der Waals surface area contributed by atoms with Crippen molar-refractivity contribution in [1.82, 2.24) is 39.5 Å². The van der Waals surface area contributed by atoms with Gasteiger partial charge in [0.2, 0.25) is 29.5 Å². The number of anilines is 3. The predicted octanol–water partition coefficient (Wildman–Crippen LogP) is 7.28. The molecular formula is C57H72FN11O5. The molecule has 6 aliphatic heterocycles. The first kappa shape index (κ1) is 48.9. The number of imide groups is 1. The Balaban J connectivity index is 0.692. The predicted molar refractivity (Wildman–Crippen MR) is 280 cm³/mol. The van der Waals surface area contributed by atoms with Crippen LogP contribution in [0, 0.1) is 11.3 Å². The van der Waals surface area contributed by atoms with Gasteiger partial charge >= 0.3 is 0 Å². The van der Waals surface area contributed by atoms with Gasteiger partial charge in [0.1, 0.15) is 17.5 Å². The molecular weight excluding hydrogens is 938 g/mol. The lowest BCUT2D eigenvalue weighted by Crippen LogP contribution is -2.59. The van der Waals surface area contributed by atoms with Crippen LogP contribution in [0.2, 0.25) is 0 Å². The number of halogens is 1. The summed E-state index contributed by atoms with van der Waals surface area (Å²) in [5.41, 5.74) is 5.09. The van der Waals surface area contributed by atoms with Crippen LogP contribution in [0.3, 0.4) is 0 Å². The number of aromatic nitrogens is 4. The molecule has 1 spiro atoms. The molecule has 0 radical (unpaired) electrons. The standard InChI is InChI=1S/C57H72FN11O5/c1-35(2)68-34-60-46-31-45(62-52(51(46)68)61-40-8-9-40)37-6-11-44-47(28-37)69(42-29-41(30-42)67-20-4-5-39(58)33-67)55(74)57(44)18-25-66(26-19-57)54(73)56(3)16-23-65(24-17-56)50(71)27-36-14-21-64(22-15-36)48-12-7-38(32-59-48)43-10-13-49(70)63-53(43)72/h6-7,11-12,28,31-32,34-36,39-43H,4-5,8-10,13-27,29-30,33H2,1-3H3,(H,61,62)(H,63,70,72)/t39-,41?,42?,43-/m1/s1. The third kappa shape index (κ3) is 9.01. The fraction of sp³-hybridized carbons (Fsp3) is 0.614. The van der Waals surface area contributed by atoms with Crippen LogP contribution in [0.25, 0.3) is 22.3 Å². The van der Waals surface area contributed by atoms with Crippen LogP contribution in [0.15, 0.2) is 48.9 Å². The zero-order valence-electron chi connectivity index (χ0n) is 43.4. The summed E-state index contributed by atoms with van der Waals surface area (Å²) in [5.74, 6) is 1.52. The largest absolute Gasteiger partial charge is 0.366 e. The molecule has 4 aromatic rings. The van der Waals surface area contributed by atoms with Crippen molar-refractivity contribution in [3.05, 3.63) is 60.0 Å². The number of piperidine rings is 5. The van der Waals surface area contributed by atoms with E-state index in [1.807, 2.05) is 28.3 Å². The fourth-order valence-electron chi connectivity index (χ4n) is 13.6. The molecule has 0 unspecified atom stereocenters. The Hall–Kier alpha value is -5.97. The second kappa shape index (κ2) is 19.3. The molecule has 74 heavy (non-hydrogen) atoms. The highest BCUT2D eigenvalue weighted by molar-refractivity contribution is 6.09. The third-order valence-corrected chi connectivity index (χ3v) is 18.5. The van der Waals surface area contributed by atoms with Gasteiger partial charge in [-0.2, -0.15) is 0 Å². The minimum absolute atomic E-state index is 0.0137. The average molecular weight is 1010 g/mol. The Morgan fingerprint density at radius 2 is 1.61 bits per heavy atom. The van der Waals surface area contributed by atoms with E-state index in [9.17, 15) is 23.6 Å². The summed E-state index contributed by atoms with van der Waals surface area (Å²) in [5, 5.41) is 6.11. The number of fused-ring (bicyclic) bond motifs is 3. The monoisotopic (exact) mass is 1010 g/mol. The van der Waals surface area contributed by atoms with E-state index in [2.05, 4.69) is 79.9 Å². The molecule has 2 saturated carbocycles. The average Bonchev–Trinajstić information content (AvgIpc) is 4.07. The molecule has 2 aliphatic carbocycles. The van der Waals surface area contributed by atoms with E-state index in [1.165, 1.54) is 0 Å². The summed E-state index contributed by atoms with van der Waals surface area (Å²) in [6.07, 6.45) is 13.6. The van der Waals surface area contributed by atoms with Gasteiger partial charge in [0.15, 0.2) is 5.82 Å². The first-order chi connectivity index (χ1) is 35.7. The van der Waals surface area contributed by atoms with Crippen LogP contribution in [0.5, 0.6) is 0 Å². The molecule has 1 aromatic carbocycles. The van der Waals surface area contributed by atoms with Gasteiger partial charge in [-0.3, -0.25) is 34.2 Å². The van der Waals surface area contributed by atoms with Gasteiger partial charge in [-0.25, -0.2) is 19.3 Å².